The number of rotatable bonds is 4. The molecule has 2 aliphatic heterocycles. The smallest absolute Gasteiger partial charge is 0.243 e. The van der Waals surface area contributed by atoms with Gasteiger partial charge in [0, 0.05) is 38.6 Å². The lowest BCUT2D eigenvalue weighted by Crippen LogP contribution is -2.52. The minimum absolute atomic E-state index is 0.130. The SMILES string of the molecule is C[C@@H]1CC(=O)Nc2ccccc2N1C(=O)CN1CCN(S(=O)(=O)c2ccc(C#N)cc2)CC1. The molecule has 0 unspecified atom stereocenters. The van der Waals surface area contributed by atoms with Crippen molar-refractivity contribution in [2.45, 2.75) is 24.3 Å². The number of nitrogens with zero attached hydrogens (tertiary/aromatic N) is 4. The predicted molar refractivity (Wildman–Crippen MR) is 123 cm³/mol. The molecule has 0 aliphatic carbocycles. The van der Waals surface area contributed by atoms with E-state index in [9.17, 15) is 18.0 Å². The molecular weight excluding hydrogens is 442 g/mol. The predicted octanol–water partition coefficient (Wildman–Crippen LogP) is 1.63. The Morgan fingerprint density at radius 2 is 1.76 bits per heavy atom. The first-order chi connectivity index (χ1) is 15.8. The van der Waals surface area contributed by atoms with Crippen LogP contribution in [0.5, 0.6) is 0 Å². The van der Waals surface area contributed by atoms with E-state index in [2.05, 4.69) is 5.32 Å². The molecule has 1 atom stereocenters. The number of nitrogens with one attached hydrogen (secondary N) is 1. The van der Waals surface area contributed by atoms with Crippen molar-refractivity contribution in [1.29, 1.82) is 5.26 Å². The number of anilines is 2. The molecule has 2 aliphatic rings. The standard InChI is InChI=1S/C23H25N5O4S/c1-17-14-22(29)25-20-4-2-3-5-21(20)28(17)23(30)16-26-10-12-27(13-11-26)33(31,32)19-8-6-18(15-24)7-9-19/h2-9,17H,10-14,16H2,1H3,(H,25,29)/t17-/m1/s1. The Morgan fingerprint density at radius 1 is 1.09 bits per heavy atom. The molecule has 0 saturated carbocycles. The molecule has 33 heavy (non-hydrogen) atoms. The van der Waals surface area contributed by atoms with E-state index in [1.165, 1.54) is 28.6 Å². The lowest BCUT2D eigenvalue weighted by Gasteiger charge is -2.35. The van der Waals surface area contributed by atoms with Crippen LogP contribution in [0.2, 0.25) is 0 Å². The number of para-hydroxylation sites is 2. The number of hydrogen-bond donors (Lipinski definition) is 1. The summed E-state index contributed by atoms with van der Waals surface area (Å²) in [6, 6.07) is 14.8. The molecule has 9 nitrogen and oxygen atoms in total. The van der Waals surface area contributed by atoms with Gasteiger partial charge in [0.25, 0.3) is 0 Å². The number of piperazine rings is 1. The van der Waals surface area contributed by atoms with E-state index in [1.54, 1.807) is 11.0 Å². The molecule has 1 fully saturated rings. The zero-order valence-corrected chi connectivity index (χ0v) is 19.1. The minimum Gasteiger partial charge on any atom is -0.324 e. The van der Waals surface area contributed by atoms with Gasteiger partial charge in [0.05, 0.1) is 34.4 Å². The van der Waals surface area contributed by atoms with Gasteiger partial charge in [-0.15, -0.1) is 0 Å². The van der Waals surface area contributed by atoms with Crippen LogP contribution in [0.4, 0.5) is 11.4 Å². The quantitative estimate of drug-likeness (QED) is 0.731. The Kier molecular flexibility index (Phi) is 6.47. The first kappa shape index (κ1) is 22.9. The van der Waals surface area contributed by atoms with Crippen LogP contribution in [0.25, 0.3) is 0 Å². The monoisotopic (exact) mass is 467 g/mol. The van der Waals surface area contributed by atoms with Gasteiger partial charge in [-0.2, -0.15) is 9.57 Å². The second-order valence-electron chi connectivity index (χ2n) is 8.20. The molecule has 1 saturated heterocycles. The highest BCUT2D eigenvalue weighted by atomic mass is 32.2. The molecule has 172 valence electrons. The lowest BCUT2D eigenvalue weighted by molar-refractivity contribution is -0.120. The Labute approximate surface area is 193 Å². The largest absolute Gasteiger partial charge is 0.324 e. The molecule has 0 spiro atoms. The Bertz CT molecular complexity index is 1200. The number of hydrogen-bond acceptors (Lipinski definition) is 6. The normalized spacial score (nSPS) is 19.8. The van der Waals surface area contributed by atoms with Crippen molar-refractivity contribution in [2.24, 2.45) is 0 Å². The fourth-order valence-electron chi connectivity index (χ4n) is 4.21. The molecule has 2 aromatic carbocycles. The van der Waals surface area contributed by atoms with E-state index in [0.29, 0.717) is 30.0 Å². The van der Waals surface area contributed by atoms with Crippen molar-refractivity contribution in [3.63, 3.8) is 0 Å². The third-order valence-corrected chi connectivity index (χ3v) is 7.85. The minimum atomic E-state index is -3.66. The Balaban J connectivity index is 1.42. The molecule has 1 N–H and O–H groups in total. The number of benzene rings is 2. The lowest BCUT2D eigenvalue weighted by atomic mass is 10.1. The van der Waals surface area contributed by atoms with Crippen molar-refractivity contribution in [3.8, 4) is 6.07 Å². The van der Waals surface area contributed by atoms with Gasteiger partial charge in [-0.25, -0.2) is 8.42 Å². The van der Waals surface area contributed by atoms with E-state index in [-0.39, 0.29) is 48.8 Å². The maximum atomic E-state index is 13.2. The molecule has 0 radical (unpaired) electrons. The fourth-order valence-corrected chi connectivity index (χ4v) is 5.64. The third-order valence-electron chi connectivity index (χ3n) is 5.94. The van der Waals surface area contributed by atoms with Gasteiger partial charge >= 0.3 is 0 Å². The van der Waals surface area contributed by atoms with Crippen LogP contribution in [0.3, 0.4) is 0 Å². The van der Waals surface area contributed by atoms with E-state index >= 15 is 0 Å². The van der Waals surface area contributed by atoms with Gasteiger partial charge in [0.1, 0.15) is 0 Å². The van der Waals surface area contributed by atoms with Gasteiger partial charge < -0.3 is 10.2 Å². The molecule has 2 aromatic rings. The molecule has 0 bridgehead atoms. The second kappa shape index (κ2) is 9.31. The van der Waals surface area contributed by atoms with Crippen molar-refractivity contribution in [2.75, 3.05) is 42.9 Å². The van der Waals surface area contributed by atoms with Gasteiger partial charge in [-0.3, -0.25) is 14.5 Å². The van der Waals surface area contributed by atoms with Crippen molar-refractivity contribution >= 4 is 33.2 Å². The first-order valence-electron chi connectivity index (χ1n) is 10.7. The van der Waals surface area contributed by atoms with Crippen molar-refractivity contribution in [1.82, 2.24) is 9.21 Å². The second-order valence-corrected chi connectivity index (χ2v) is 10.1. The Morgan fingerprint density at radius 3 is 2.42 bits per heavy atom. The molecule has 2 amide bonds. The zero-order valence-electron chi connectivity index (χ0n) is 18.3. The highest BCUT2D eigenvalue weighted by Crippen LogP contribution is 2.31. The summed E-state index contributed by atoms with van der Waals surface area (Å²) in [6.45, 7) is 3.35. The van der Waals surface area contributed by atoms with E-state index in [1.807, 2.05) is 36.1 Å². The summed E-state index contributed by atoms with van der Waals surface area (Å²) in [5.74, 6) is -0.262. The van der Waals surface area contributed by atoms with E-state index in [0.717, 1.165) is 0 Å². The number of amides is 2. The van der Waals surface area contributed by atoms with Crippen LogP contribution in [0, 0.1) is 11.3 Å². The Hall–Kier alpha value is -3.26. The molecular formula is C23H25N5O4S. The summed E-state index contributed by atoms with van der Waals surface area (Å²) in [6.07, 6.45) is 0.205. The fraction of sp³-hybridized carbons (Fsp3) is 0.348. The topological polar surface area (TPSA) is 114 Å². The van der Waals surface area contributed by atoms with E-state index in [4.69, 9.17) is 5.26 Å². The van der Waals surface area contributed by atoms with Crippen LogP contribution < -0.4 is 10.2 Å². The summed E-state index contributed by atoms with van der Waals surface area (Å²) in [5.41, 5.74) is 1.68. The average molecular weight is 468 g/mol. The number of carbonyl (C=O) groups is 2. The summed E-state index contributed by atoms with van der Waals surface area (Å²) in [5, 5.41) is 11.8. The molecule has 2 heterocycles. The summed E-state index contributed by atoms with van der Waals surface area (Å²) in [7, 11) is -3.66. The molecule has 10 heteroatoms. The number of nitriles is 1. The van der Waals surface area contributed by atoms with Gasteiger partial charge in [0.2, 0.25) is 21.8 Å². The van der Waals surface area contributed by atoms with Gasteiger partial charge in [-0.05, 0) is 43.3 Å². The third kappa shape index (κ3) is 4.75. The number of fused-ring (bicyclic) bond motifs is 1. The highest BCUT2D eigenvalue weighted by molar-refractivity contribution is 7.89. The highest BCUT2D eigenvalue weighted by Gasteiger charge is 2.33. The van der Waals surface area contributed by atoms with Gasteiger partial charge in [0.15, 0.2) is 0 Å². The van der Waals surface area contributed by atoms with Crippen molar-refractivity contribution in [3.05, 3.63) is 54.1 Å². The van der Waals surface area contributed by atoms with Crippen molar-refractivity contribution < 1.29 is 18.0 Å². The first-order valence-corrected chi connectivity index (χ1v) is 12.2. The maximum Gasteiger partial charge on any atom is 0.243 e. The summed E-state index contributed by atoms with van der Waals surface area (Å²) >= 11 is 0. The molecule has 0 aromatic heterocycles. The number of sulfonamides is 1. The van der Waals surface area contributed by atoms with Crippen LogP contribution >= 0.6 is 0 Å². The van der Waals surface area contributed by atoms with E-state index < -0.39 is 10.0 Å². The average Bonchev–Trinajstić information content (AvgIpc) is 2.93. The summed E-state index contributed by atoms with van der Waals surface area (Å²) in [4.78, 5) is 29.1. The van der Waals surface area contributed by atoms with Gasteiger partial charge in [-0.1, -0.05) is 12.1 Å². The molecule has 4 rings (SSSR count). The summed E-state index contributed by atoms with van der Waals surface area (Å²) < 4.78 is 27.3. The van der Waals surface area contributed by atoms with Crippen LogP contribution in [-0.4, -0.2) is 68.2 Å². The van der Waals surface area contributed by atoms with Crippen LogP contribution in [0.15, 0.2) is 53.4 Å². The van der Waals surface area contributed by atoms with Crippen LogP contribution in [0.1, 0.15) is 18.9 Å². The number of carbonyl (C=O) groups excluding carboxylic acids is 2. The van der Waals surface area contributed by atoms with Crippen LogP contribution in [-0.2, 0) is 19.6 Å². The maximum absolute atomic E-state index is 13.2. The zero-order chi connectivity index (χ0) is 23.6.